The Balaban J connectivity index is 1.85. The summed E-state index contributed by atoms with van der Waals surface area (Å²) in [5, 5.41) is 8.92. The highest BCUT2D eigenvalue weighted by Crippen LogP contribution is 2.35. The topological polar surface area (TPSA) is 40.5 Å². The molecule has 0 radical (unpaired) electrons. The van der Waals surface area contributed by atoms with Gasteiger partial charge in [-0.25, -0.2) is 4.79 Å². The predicted molar refractivity (Wildman–Crippen MR) is 62.0 cm³/mol. The maximum Gasteiger partial charge on any atom is 0.335 e. The highest BCUT2D eigenvalue weighted by Gasteiger charge is 2.28. The third-order valence-electron chi connectivity index (χ3n) is 3.49. The Morgan fingerprint density at radius 1 is 1.44 bits per heavy atom. The molecule has 2 aliphatic rings. The van der Waals surface area contributed by atoms with E-state index in [0.717, 1.165) is 25.4 Å². The van der Waals surface area contributed by atoms with Crippen molar-refractivity contribution in [2.24, 2.45) is 5.92 Å². The lowest BCUT2D eigenvalue weighted by Crippen LogP contribution is -2.22. The molecule has 0 spiro atoms. The molecular weight excluding hydrogens is 202 g/mol. The molecule has 3 nitrogen and oxygen atoms in total. The molecule has 0 saturated heterocycles. The molecule has 1 aromatic rings. The first-order valence-electron chi connectivity index (χ1n) is 5.85. The van der Waals surface area contributed by atoms with E-state index >= 15 is 0 Å². The molecule has 1 aliphatic heterocycles. The van der Waals surface area contributed by atoms with E-state index in [9.17, 15) is 4.79 Å². The van der Waals surface area contributed by atoms with Crippen molar-refractivity contribution in [3.63, 3.8) is 0 Å². The van der Waals surface area contributed by atoms with Crippen LogP contribution >= 0.6 is 0 Å². The number of anilines is 1. The molecule has 1 heterocycles. The fraction of sp³-hybridized carbons (Fsp3) is 0.462. The average Bonchev–Trinajstić information content (AvgIpc) is 2.99. The van der Waals surface area contributed by atoms with Crippen molar-refractivity contribution in [3.8, 4) is 0 Å². The molecule has 0 amide bonds. The normalized spacial score (nSPS) is 18.6. The fourth-order valence-electron chi connectivity index (χ4n) is 2.40. The van der Waals surface area contributed by atoms with Crippen LogP contribution in [0.4, 0.5) is 5.69 Å². The first kappa shape index (κ1) is 9.70. The third kappa shape index (κ3) is 1.66. The summed E-state index contributed by atoms with van der Waals surface area (Å²) in [5.74, 6) is 0.0496. The van der Waals surface area contributed by atoms with E-state index < -0.39 is 5.97 Å². The van der Waals surface area contributed by atoms with Crippen molar-refractivity contribution in [3.05, 3.63) is 29.3 Å². The number of hydrogen-bond acceptors (Lipinski definition) is 2. The van der Waals surface area contributed by atoms with Crippen LogP contribution in [0.2, 0.25) is 0 Å². The summed E-state index contributed by atoms with van der Waals surface area (Å²) in [6.45, 7) is 2.20. The van der Waals surface area contributed by atoms with Gasteiger partial charge in [0.05, 0.1) is 5.56 Å². The van der Waals surface area contributed by atoms with Crippen LogP contribution in [-0.4, -0.2) is 24.2 Å². The van der Waals surface area contributed by atoms with Crippen LogP contribution in [0.1, 0.15) is 28.8 Å². The summed E-state index contributed by atoms with van der Waals surface area (Å²) < 4.78 is 0. The van der Waals surface area contributed by atoms with Gasteiger partial charge in [-0.1, -0.05) is 0 Å². The number of nitrogens with zero attached hydrogens (tertiary/aromatic N) is 1. The molecule has 3 heteroatoms. The van der Waals surface area contributed by atoms with Crippen molar-refractivity contribution in [2.45, 2.75) is 19.3 Å². The van der Waals surface area contributed by atoms with Gasteiger partial charge in [0.25, 0.3) is 0 Å². The Hall–Kier alpha value is -1.51. The lowest BCUT2D eigenvalue weighted by molar-refractivity contribution is 0.0697. The van der Waals surface area contributed by atoms with E-state index in [1.807, 2.05) is 12.1 Å². The van der Waals surface area contributed by atoms with Crippen LogP contribution in [-0.2, 0) is 6.42 Å². The summed E-state index contributed by atoms with van der Waals surface area (Å²) in [5.41, 5.74) is 2.85. The first-order valence-corrected chi connectivity index (χ1v) is 5.85. The molecule has 0 unspecified atom stereocenters. The quantitative estimate of drug-likeness (QED) is 0.843. The number of carboxylic acids is 1. The van der Waals surface area contributed by atoms with Gasteiger partial charge in [0.1, 0.15) is 0 Å². The van der Waals surface area contributed by atoms with E-state index in [1.54, 1.807) is 6.07 Å². The maximum atomic E-state index is 10.9. The minimum Gasteiger partial charge on any atom is -0.478 e. The summed E-state index contributed by atoms with van der Waals surface area (Å²) in [4.78, 5) is 13.3. The number of carboxylic acid groups (broad SMARTS) is 1. The summed E-state index contributed by atoms with van der Waals surface area (Å²) >= 11 is 0. The highest BCUT2D eigenvalue weighted by atomic mass is 16.4. The maximum absolute atomic E-state index is 10.9. The molecule has 0 atom stereocenters. The molecule has 3 rings (SSSR count). The molecular formula is C13H15NO2. The van der Waals surface area contributed by atoms with Gasteiger partial charge in [0.15, 0.2) is 0 Å². The minimum atomic E-state index is -0.830. The highest BCUT2D eigenvalue weighted by molar-refractivity contribution is 5.88. The Bertz CT molecular complexity index is 438. The molecule has 1 aromatic carbocycles. The molecule has 0 aromatic heterocycles. The summed E-state index contributed by atoms with van der Waals surface area (Å²) in [7, 11) is 0. The van der Waals surface area contributed by atoms with Crippen LogP contribution in [0.3, 0.4) is 0 Å². The largest absolute Gasteiger partial charge is 0.478 e. The monoisotopic (exact) mass is 217 g/mol. The fourth-order valence-corrected chi connectivity index (χ4v) is 2.40. The van der Waals surface area contributed by atoms with Crippen LogP contribution in [0.15, 0.2) is 18.2 Å². The zero-order valence-electron chi connectivity index (χ0n) is 9.15. The van der Waals surface area contributed by atoms with Gasteiger partial charge in [-0.3, -0.25) is 0 Å². The molecule has 1 aliphatic carbocycles. The Labute approximate surface area is 94.7 Å². The van der Waals surface area contributed by atoms with Gasteiger partial charge in [-0.2, -0.15) is 0 Å². The van der Waals surface area contributed by atoms with Gasteiger partial charge in [0.2, 0.25) is 0 Å². The van der Waals surface area contributed by atoms with Gasteiger partial charge < -0.3 is 10.0 Å². The van der Waals surface area contributed by atoms with Crippen LogP contribution in [0.5, 0.6) is 0 Å². The van der Waals surface area contributed by atoms with E-state index in [0.29, 0.717) is 5.56 Å². The van der Waals surface area contributed by atoms with Crippen molar-refractivity contribution in [1.29, 1.82) is 0 Å². The standard InChI is InChI=1S/C13H15NO2/c15-13(16)11-3-4-12-10(7-11)5-6-14(12)8-9-1-2-9/h3-4,7,9H,1-2,5-6,8H2,(H,15,16). The number of carbonyl (C=O) groups is 1. The Morgan fingerprint density at radius 2 is 2.25 bits per heavy atom. The van der Waals surface area contributed by atoms with Crippen LogP contribution < -0.4 is 4.90 Å². The van der Waals surface area contributed by atoms with Gasteiger partial charge in [-0.15, -0.1) is 0 Å². The molecule has 1 saturated carbocycles. The van der Waals surface area contributed by atoms with Crippen molar-refractivity contribution >= 4 is 11.7 Å². The first-order chi connectivity index (χ1) is 7.74. The molecule has 0 bridgehead atoms. The van der Waals surface area contributed by atoms with Crippen molar-refractivity contribution in [2.75, 3.05) is 18.0 Å². The number of hydrogen-bond donors (Lipinski definition) is 1. The molecule has 1 N–H and O–H groups in total. The third-order valence-corrected chi connectivity index (χ3v) is 3.49. The Kier molecular flexibility index (Phi) is 2.13. The summed E-state index contributed by atoms with van der Waals surface area (Å²) in [6, 6.07) is 5.51. The lowest BCUT2D eigenvalue weighted by atomic mass is 10.1. The second-order valence-corrected chi connectivity index (χ2v) is 4.79. The zero-order chi connectivity index (χ0) is 11.1. The number of fused-ring (bicyclic) bond motifs is 1. The van der Waals surface area contributed by atoms with Gasteiger partial charge >= 0.3 is 5.97 Å². The van der Waals surface area contributed by atoms with E-state index in [4.69, 9.17) is 5.11 Å². The second kappa shape index (κ2) is 3.51. The minimum absolute atomic E-state index is 0.409. The lowest BCUT2D eigenvalue weighted by Gasteiger charge is -2.18. The van der Waals surface area contributed by atoms with Gasteiger partial charge in [-0.05, 0) is 48.9 Å². The SMILES string of the molecule is O=C(O)c1ccc2c(c1)CCN2CC1CC1. The van der Waals surface area contributed by atoms with E-state index in [2.05, 4.69) is 4.90 Å². The molecule has 16 heavy (non-hydrogen) atoms. The molecule has 1 fully saturated rings. The second-order valence-electron chi connectivity index (χ2n) is 4.79. The van der Waals surface area contributed by atoms with Gasteiger partial charge in [0, 0.05) is 18.8 Å². The number of benzene rings is 1. The Morgan fingerprint density at radius 3 is 2.94 bits per heavy atom. The average molecular weight is 217 g/mol. The van der Waals surface area contributed by atoms with Crippen molar-refractivity contribution < 1.29 is 9.90 Å². The van der Waals surface area contributed by atoms with Crippen LogP contribution in [0, 0.1) is 5.92 Å². The van der Waals surface area contributed by atoms with Crippen molar-refractivity contribution in [1.82, 2.24) is 0 Å². The smallest absolute Gasteiger partial charge is 0.335 e. The van der Waals surface area contributed by atoms with E-state index in [1.165, 1.54) is 24.1 Å². The van der Waals surface area contributed by atoms with E-state index in [-0.39, 0.29) is 0 Å². The number of aromatic carboxylic acids is 1. The number of rotatable bonds is 3. The molecule has 84 valence electrons. The summed E-state index contributed by atoms with van der Waals surface area (Å²) in [6.07, 6.45) is 3.71. The predicted octanol–water partition coefficient (Wildman–Crippen LogP) is 2.16. The zero-order valence-corrected chi connectivity index (χ0v) is 9.15. The van der Waals surface area contributed by atoms with Crippen LogP contribution in [0.25, 0.3) is 0 Å².